The Morgan fingerprint density at radius 1 is 0.857 bits per heavy atom. The van der Waals surface area contributed by atoms with E-state index in [1.807, 2.05) is 0 Å². The topological polar surface area (TPSA) is 155 Å². The van der Waals surface area contributed by atoms with E-state index in [0.29, 0.717) is 0 Å². The summed E-state index contributed by atoms with van der Waals surface area (Å²) in [5, 5.41) is 48.5. The highest BCUT2D eigenvalue weighted by Gasteiger charge is 2.45. The van der Waals surface area contributed by atoms with Crippen LogP contribution in [0, 0.1) is 0 Å². The van der Waals surface area contributed by atoms with E-state index in [1.165, 1.54) is 0 Å². The summed E-state index contributed by atoms with van der Waals surface area (Å²) < 4.78 is 15.9. The molecule has 0 saturated carbocycles. The van der Waals surface area contributed by atoms with Crippen molar-refractivity contribution in [1.82, 2.24) is 0 Å². The Hall–Kier alpha value is -0.360. The van der Waals surface area contributed by atoms with Crippen LogP contribution < -0.4 is 5.73 Å². The quantitative estimate of drug-likeness (QED) is 0.307. The molecule has 0 aromatic heterocycles. The minimum atomic E-state index is -1.45. The predicted octanol–water partition coefficient (Wildman–Crippen LogP) is -3.72. The number of nitrogens with two attached hydrogens (primary N) is 1. The monoisotopic (exact) mass is 309 g/mol. The summed E-state index contributed by atoms with van der Waals surface area (Å²) in [5.41, 5.74) is 5.41. The second-order valence-corrected chi connectivity index (χ2v) is 5.44. The van der Waals surface area contributed by atoms with Crippen molar-refractivity contribution in [3.8, 4) is 0 Å². The molecule has 21 heavy (non-hydrogen) atoms. The lowest BCUT2D eigenvalue weighted by Gasteiger charge is -2.40. The van der Waals surface area contributed by atoms with Gasteiger partial charge in [0.2, 0.25) is 0 Å². The number of ether oxygens (including phenoxy) is 3. The molecule has 9 heteroatoms. The first kappa shape index (κ1) is 17.0. The van der Waals surface area contributed by atoms with Crippen molar-refractivity contribution >= 4 is 0 Å². The van der Waals surface area contributed by atoms with Crippen LogP contribution in [0.3, 0.4) is 0 Å². The number of hydrogen-bond donors (Lipinski definition) is 6. The van der Waals surface area contributed by atoms with Gasteiger partial charge in [0.1, 0.15) is 42.7 Å². The number of rotatable bonds is 4. The molecule has 2 heterocycles. The molecule has 2 rings (SSSR count). The molecule has 0 bridgehead atoms. The fourth-order valence-electron chi connectivity index (χ4n) is 2.51. The summed E-state index contributed by atoms with van der Waals surface area (Å²) in [7, 11) is 0. The van der Waals surface area contributed by atoms with Crippen molar-refractivity contribution in [3.63, 3.8) is 0 Å². The van der Waals surface area contributed by atoms with Gasteiger partial charge < -0.3 is 45.5 Å². The standard InChI is InChI=1S/C12H23NO8/c1-4-7(14)9(16)6(20-4)3-19-12-11(18)10(17)8(15)5(2-13)21-12/h4-12,14-18H,2-3,13H2,1H3/t4-,5-,6-,7-,8-,9-,10+,11-,12?/m1/s1. The molecule has 9 atom stereocenters. The molecule has 2 saturated heterocycles. The highest BCUT2D eigenvalue weighted by Crippen LogP contribution is 2.25. The third-order valence-corrected chi connectivity index (χ3v) is 3.93. The molecular weight excluding hydrogens is 286 g/mol. The maximum Gasteiger partial charge on any atom is 0.186 e. The molecule has 0 aliphatic carbocycles. The smallest absolute Gasteiger partial charge is 0.186 e. The number of aliphatic hydroxyl groups excluding tert-OH is 5. The first-order valence-corrected chi connectivity index (χ1v) is 6.89. The van der Waals surface area contributed by atoms with Gasteiger partial charge in [0.05, 0.1) is 12.7 Å². The van der Waals surface area contributed by atoms with E-state index in [1.54, 1.807) is 6.92 Å². The molecule has 0 spiro atoms. The second-order valence-electron chi connectivity index (χ2n) is 5.44. The van der Waals surface area contributed by atoms with Gasteiger partial charge in [-0.25, -0.2) is 0 Å². The van der Waals surface area contributed by atoms with Crippen LogP contribution in [-0.4, -0.2) is 93.8 Å². The second kappa shape index (κ2) is 6.82. The summed E-state index contributed by atoms with van der Waals surface area (Å²) in [4.78, 5) is 0. The van der Waals surface area contributed by atoms with Crippen LogP contribution in [0.2, 0.25) is 0 Å². The normalized spacial score (nSPS) is 51.3. The largest absolute Gasteiger partial charge is 0.388 e. The SMILES string of the molecule is C[C@H]1O[C@H](COC2O[C@H](CN)[C@@H](O)[C@H](O)[C@H]2O)[C@@H](O)[C@@H]1O. The Kier molecular flexibility index (Phi) is 5.52. The van der Waals surface area contributed by atoms with E-state index < -0.39 is 55.1 Å². The third kappa shape index (κ3) is 3.36. The predicted molar refractivity (Wildman–Crippen MR) is 68.0 cm³/mol. The lowest BCUT2D eigenvalue weighted by atomic mass is 9.99. The third-order valence-electron chi connectivity index (χ3n) is 3.93. The van der Waals surface area contributed by atoms with E-state index in [0.717, 1.165) is 0 Å². The summed E-state index contributed by atoms with van der Waals surface area (Å²) >= 11 is 0. The van der Waals surface area contributed by atoms with Crippen LogP contribution >= 0.6 is 0 Å². The Labute approximate surface area is 121 Å². The molecule has 0 radical (unpaired) electrons. The summed E-state index contributed by atoms with van der Waals surface area (Å²) in [6.45, 7) is 1.41. The lowest BCUT2D eigenvalue weighted by Crippen LogP contribution is -2.60. The number of hydrogen-bond acceptors (Lipinski definition) is 9. The van der Waals surface area contributed by atoms with Crippen LogP contribution in [0.25, 0.3) is 0 Å². The van der Waals surface area contributed by atoms with Gasteiger partial charge >= 0.3 is 0 Å². The Balaban J connectivity index is 1.90. The molecule has 0 aromatic carbocycles. The highest BCUT2D eigenvalue weighted by atomic mass is 16.7. The van der Waals surface area contributed by atoms with Gasteiger partial charge in [-0.05, 0) is 6.92 Å². The van der Waals surface area contributed by atoms with Gasteiger partial charge in [-0.15, -0.1) is 0 Å². The van der Waals surface area contributed by atoms with Crippen molar-refractivity contribution < 1.29 is 39.7 Å². The zero-order chi connectivity index (χ0) is 15.7. The van der Waals surface area contributed by atoms with Gasteiger partial charge in [0.25, 0.3) is 0 Å². The van der Waals surface area contributed by atoms with Crippen LogP contribution in [-0.2, 0) is 14.2 Å². The zero-order valence-electron chi connectivity index (χ0n) is 11.6. The van der Waals surface area contributed by atoms with E-state index in [2.05, 4.69) is 0 Å². The summed E-state index contributed by atoms with van der Waals surface area (Å²) in [5.74, 6) is 0. The van der Waals surface area contributed by atoms with Crippen molar-refractivity contribution in [3.05, 3.63) is 0 Å². The average molecular weight is 309 g/mol. The molecular formula is C12H23NO8. The molecule has 2 aliphatic heterocycles. The molecule has 0 amide bonds. The first-order valence-electron chi connectivity index (χ1n) is 6.89. The Bertz CT molecular complexity index is 343. The molecule has 124 valence electrons. The molecule has 9 nitrogen and oxygen atoms in total. The van der Waals surface area contributed by atoms with Crippen LogP contribution in [0.5, 0.6) is 0 Å². The van der Waals surface area contributed by atoms with Crippen LogP contribution in [0.1, 0.15) is 6.92 Å². The van der Waals surface area contributed by atoms with Crippen molar-refractivity contribution in [1.29, 1.82) is 0 Å². The summed E-state index contributed by atoms with van der Waals surface area (Å²) in [6.07, 6.45) is -9.71. The van der Waals surface area contributed by atoms with Crippen molar-refractivity contribution in [2.45, 2.75) is 62.0 Å². The molecule has 1 unspecified atom stereocenters. The van der Waals surface area contributed by atoms with Gasteiger partial charge in [-0.3, -0.25) is 0 Å². The minimum Gasteiger partial charge on any atom is -0.388 e. The number of aliphatic hydroxyl groups is 5. The maximum absolute atomic E-state index is 9.81. The Morgan fingerprint density at radius 3 is 2.00 bits per heavy atom. The minimum absolute atomic E-state index is 0.0525. The zero-order valence-corrected chi connectivity index (χ0v) is 11.6. The van der Waals surface area contributed by atoms with Gasteiger partial charge in [-0.1, -0.05) is 0 Å². The lowest BCUT2D eigenvalue weighted by molar-refractivity contribution is -0.299. The maximum atomic E-state index is 9.81. The van der Waals surface area contributed by atoms with E-state index in [9.17, 15) is 25.5 Å². The Morgan fingerprint density at radius 2 is 1.48 bits per heavy atom. The van der Waals surface area contributed by atoms with Crippen LogP contribution in [0.4, 0.5) is 0 Å². The molecule has 0 aromatic rings. The fraction of sp³-hybridized carbons (Fsp3) is 1.00. The van der Waals surface area contributed by atoms with Crippen molar-refractivity contribution in [2.75, 3.05) is 13.2 Å². The van der Waals surface area contributed by atoms with Gasteiger partial charge in [0, 0.05) is 6.54 Å². The first-order chi connectivity index (χ1) is 9.86. The molecule has 7 N–H and O–H groups in total. The fourth-order valence-corrected chi connectivity index (χ4v) is 2.51. The van der Waals surface area contributed by atoms with Gasteiger partial charge in [0.15, 0.2) is 6.29 Å². The van der Waals surface area contributed by atoms with E-state index >= 15 is 0 Å². The van der Waals surface area contributed by atoms with Crippen molar-refractivity contribution in [2.24, 2.45) is 5.73 Å². The van der Waals surface area contributed by atoms with E-state index in [-0.39, 0.29) is 13.2 Å². The average Bonchev–Trinajstić information content (AvgIpc) is 2.71. The van der Waals surface area contributed by atoms with Gasteiger partial charge in [-0.2, -0.15) is 0 Å². The molecule has 2 aliphatic rings. The summed E-state index contributed by atoms with van der Waals surface area (Å²) in [6, 6.07) is 0. The molecule has 2 fully saturated rings. The van der Waals surface area contributed by atoms with Crippen LogP contribution in [0.15, 0.2) is 0 Å². The highest BCUT2D eigenvalue weighted by molar-refractivity contribution is 4.91. The van der Waals surface area contributed by atoms with E-state index in [4.69, 9.17) is 19.9 Å².